The number of hydrogen-bond donors (Lipinski definition) is 2. The zero-order valence-electron chi connectivity index (χ0n) is 18.6. The maximum absolute atomic E-state index is 14.3. The summed E-state index contributed by atoms with van der Waals surface area (Å²) >= 11 is 0. The molecule has 0 atom stereocenters. The summed E-state index contributed by atoms with van der Waals surface area (Å²) in [5.41, 5.74) is 7.87. The molecule has 0 unspecified atom stereocenters. The van der Waals surface area contributed by atoms with Gasteiger partial charge in [0.2, 0.25) is 6.41 Å². The molecule has 0 bridgehead atoms. The SMILES string of the molecule is NC=O.OCCc1ccc(-c2ccc3c(c2)CCC2(CCN(C4CCC4)CC2)O3)cc1F. The number of carbonyl (C=O) groups is 1. The second kappa shape index (κ2) is 10.0. The third kappa shape index (κ3) is 4.81. The highest BCUT2D eigenvalue weighted by molar-refractivity contribution is 5.66. The Bertz CT molecular complexity index is 937. The number of rotatable bonds is 4. The Kier molecular flexibility index (Phi) is 7.11. The van der Waals surface area contributed by atoms with Gasteiger partial charge in [-0.2, -0.15) is 0 Å². The zero-order chi connectivity index (χ0) is 22.6. The van der Waals surface area contributed by atoms with Gasteiger partial charge in [-0.3, -0.25) is 4.79 Å². The molecule has 0 aromatic heterocycles. The number of aryl methyl sites for hydroxylation is 1. The fraction of sp³-hybridized carbons (Fsp3) is 0.500. The van der Waals surface area contributed by atoms with E-state index in [0.717, 1.165) is 61.7 Å². The van der Waals surface area contributed by atoms with Gasteiger partial charge in [-0.05, 0) is 85.4 Å². The van der Waals surface area contributed by atoms with Crippen molar-refractivity contribution < 1.29 is 19.0 Å². The van der Waals surface area contributed by atoms with Gasteiger partial charge < -0.3 is 20.5 Å². The molecular weight excluding hydrogens is 407 g/mol. The first-order chi connectivity index (χ1) is 15.6. The van der Waals surface area contributed by atoms with E-state index in [4.69, 9.17) is 14.6 Å². The molecule has 3 N–H and O–H groups in total. The van der Waals surface area contributed by atoms with Gasteiger partial charge in [-0.1, -0.05) is 24.6 Å². The Morgan fingerprint density at radius 2 is 1.81 bits per heavy atom. The van der Waals surface area contributed by atoms with Crippen LogP contribution in [-0.4, -0.2) is 47.8 Å². The van der Waals surface area contributed by atoms with Crippen LogP contribution in [0.25, 0.3) is 11.1 Å². The van der Waals surface area contributed by atoms with Crippen molar-refractivity contribution >= 4 is 6.41 Å². The molecule has 2 aromatic rings. The van der Waals surface area contributed by atoms with Crippen molar-refractivity contribution in [1.29, 1.82) is 0 Å². The number of ether oxygens (including phenoxy) is 1. The lowest BCUT2D eigenvalue weighted by molar-refractivity contribution is -0.106. The summed E-state index contributed by atoms with van der Waals surface area (Å²) in [6.07, 6.45) is 9.10. The molecule has 2 aromatic carbocycles. The lowest BCUT2D eigenvalue weighted by Crippen LogP contribution is -2.53. The molecule has 5 rings (SSSR count). The standard InChI is InChI=1S/C25H30FNO2.CH3NO/c26-23-17-20(5-4-18(23)9-15-28)19-6-7-24-21(16-19)8-10-25(29-24)11-13-27(14-12-25)22-2-1-3-22;2-1-3/h4-7,16-17,22,28H,1-3,8-15H2;1H,(H2,2,3). The first-order valence-electron chi connectivity index (χ1n) is 11.7. The number of fused-ring (bicyclic) bond motifs is 1. The van der Waals surface area contributed by atoms with Crippen molar-refractivity contribution in [1.82, 2.24) is 4.90 Å². The Morgan fingerprint density at radius 3 is 2.44 bits per heavy atom. The van der Waals surface area contributed by atoms with Crippen LogP contribution in [0.3, 0.4) is 0 Å². The number of piperidine rings is 1. The van der Waals surface area contributed by atoms with Crippen LogP contribution in [-0.2, 0) is 17.6 Å². The normalized spacial score (nSPS) is 19.8. The topological polar surface area (TPSA) is 75.8 Å². The Morgan fingerprint density at radius 1 is 1.12 bits per heavy atom. The van der Waals surface area contributed by atoms with E-state index >= 15 is 0 Å². The number of nitrogens with zero attached hydrogens (tertiary/aromatic N) is 1. The second-order valence-corrected chi connectivity index (χ2v) is 9.14. The summed E-state index contributed by atoms with van der Waals surface area (Å²) in [5, 5.41) is 9.04. The van der Waals surface area contributed by atoms with Gasteiger partial charge in [-0.15, -0.1) is 0 Å². The maximum atomic E-state index is 14.3. The number of carbonyl (C=O) groups excluding carboxylic acids is 1. The van der Waals surface area contributed by atoms with Gasteiger partial charge in [-0.25, -0.2) is 4.39 Å². The molecule has 3 aliphatic rings. The number of benzene rings is 2. The number of hydrogen-bond acceptors (Lipinski definition) is 4. The molecule has 1 aliphatic carbocycles. The van der Waals surface area contributed by atoms with Crippen LogP contribution < -0.4 is 10.5 Å². The van der Waals surface area contributed by atoms with E-state index in [1.54, 1.807) is 12.1 Å². The van der Waals surface area contributed by atoms with Crippen LogP contribution >= 0.6 is 0 Å². The molecular formula is C26H33FN2O3. The van der Waals surface area contributed by atoms with Crippen LogP contribution in [0.15, 0.2) is 36.4 Å². The van der Waals surface area contributed by atoms with Crippen molar-refractivity contribution in [3.05, 3.63) is 53.3 Å². The molecule has 172 valence electrons. The molecule has 1 saturated carbocycles. The monoisotopic (exact) mass is 440 g/mol. The molecule has 1 amide bonds. The summed E-state index contributed by atoms with van der Waals surface area (Å²) < 4.78 is 20.9. The van der Waals surface area contributed by atoms with E-state index in [0.29, 0.717) is 12.0 Å². The quantitative estimate of drug-likeness (QED) is 0.709. The highest BCUT2D eigenvalue weighted by Gasteiger charge is 2.41. The van der Waals surface area contributed by atoms with Gasteiger partial charge in [0, 0.05) is 25.7 Å². The smallest absolute Gasteiger partial charge is 0.204 e. The molecule has 6 heteroatoms. The number of nitrogens with two attached hydrogens (primary N) is 1. The van der Waals surface area contributed by atoms with E-state index in [1.807, 2.05) is 12.1 Å². The summed E-state index contributed by atoms with van der Waals surface area (Å²) in [6, 6.07) is 12.4. The lowest BCUT2D eigenvalue weighted by Gasteiger charge is -2.48. The van der Waals surface area contributed by atoms with Gasteiger partial charge in [0.05, 0.1) is 0 Å². The van der Waals surface area contributed by atoms with E-state index in [1.165, 1.54) is 24.8 Å². The predicted octanol–water partition coefficient (Wildman–Crippen LogP) is 3.84. The van der Waals surface area contributed by atoms with Gasteiger partial charge in [0.1, 0.15) is 17.2 Å². The van der Waals surface area contributed by atoms with Crippen molar-refractivity contribution in [2.75, 3.05) is 19.7 Å². The summed E-state index contributed by atoms with van der Waals surface area (Å²) in [4.78, 5) is 11.3. The van der Waals surface area contributed by atoms with Crippen LogP contribution in [0.1, 0.15) is 49.7 Å². The minimum atomic E-state index is -0.248. The van der Waals surface area contributed by atoms with E-state index in [2.05, 4.69) is 22.8 Å². The molecule has 2 heterocycles. The molecule has 2 fully saturated rings. The van der Waals surface area contributed by atoms with E-state index in [-0.39, 0.29) is 24.4 Å². The number of aliphatic hydroxyl groups excluding tert-OH is 1. The average molecular weight is 441 g/mol. The lowest BCUT2D eigenvalue weighted by atomic mass is 9.81. The van der Waals surface area contributed by atoms with Crippen molar-refractivity contribution in [2.45, 2.75) is 63.0 Å². The van der Waals surface area contributed by atoms with Crippen molar-refractivity contribution in [3.63, 3.8) is 0 Å². The summed E-state index contributed by atoms with van der Waals surface area (Å²) in [6.45, 7) is 2.29. The number of amides is 1. The number of halogens is 1. The van der Waals surface area contributed by atoms with Crippen molar-refractivity contribution in [2.24, 2.45) is 5.73 Å². The van der Waals surface area contributed by atoms with Crippen LogP contribution in [0, 0.1) is 5.82 Å². The van der Waals surface area contributed by atoms with E-state index in [9.17, 15) is 4.39 Å². The van der Waals surface area contributed by atoms with Crippen LogP contribution in [0.4, 0.5) is 4.39 Å². The molecule has 2 aliphatic heterocycles. The summed E-state index contributed by atoms with van der Waals surface area (Å²) in [7, 11) is 0. The molecule has 5 nitrogen and oxygen atoms in total. The zero-order valence-corrected chi connectivity index (χ0v) is 18.6. The van der Waals surface area contributed by atoms with Crippen molar-refractivity contribution in [3.8, 4) is 16.9 Å². The highest BCUT2D eigenvalue weighted by Crippen LogP contribution is 2.42. The fourth-order valence-electron chi connectivity index (χ4n) is 5.15. The minimum absolute atomic E-state index is 0.00676. The minimum Gasteiger partial charge on any atom is -0.487 e. The third-order valence-electron chi connectivity index (χ3n) is 7.30. The predicted molar refractivity (Wildman–Crippen MR) is 123 cm³/mol. The number of primary amides is 1. The molecule has 0 radical (unpaired) electrons. The second-order valence-electron chi connectivity index (χ2n) is 9.14. The largest absolute Gasteiger partial charge is 0.487 e. The average Bonchev–Trinajstić information content (AvgIpc) is 2.76. The summed E-state index contributed by atoms with van der Waals surface area (Å²) in [5.74, 6) is 0.761. The number of likely N-dealkylation sites (tertiary alicyclic amines) is 1. The van der Waals surface area contributed by atoms with Gasteiger partial charge in [0.25, 0.3) is 0 Å². The Balaban J connectivity index is 0.000000775. The molecule has 1 spiro atoms. The maximum Gasteiger partial charge on any atom is 0.204 e. The Hall–Kier alpha value is -2.44. The van der Waals surface area contributed by atoms with Gasteiger partial charge >= 0.3 is 0 Å². The number of aliphatic hydroxyl groups is 1. The first-order valence-corrected chi connectivity index (χ1v) is 11.7. The van der Waals surface area contributed by atoms with Crippen LogP contribution in [0.5, 0.6) is 5.75 Å². The van der Waals surface area contributed by atoms with Gasteiger partial charge in [0.15, 0.2) is 0 Å². The Labute approximate surface area is 189 Å². The fourth-order valence-corrected chi connectivity index (χ4v) is 5.15. The highest BCUT2D eigenvalue weighted by atomic mass is 19.1. The molecule has 32 heavy (non-hydrogen) atoms. The molecule has 1 saturated heterocycles. The van der Waals surface area contributed by atoms with Crippen LogP contribution in [0.2, 0.25) is 0 Å². The van der Waals surface area contributed by atoms with E-state index < -0.39 is 0 Å². The third-order valence-corrected chi connectivity index (χ3v) is 7.30. The first kappa shape index (κ1) is 22.7.